The average Bonchev–Trinajstić information content (AvgIpc) is 2.38. The summed E-state index contributed by atoms with van der Waals surface area (Å²) in [5.41, 5.74) is 5.95. The van der Waals surface area contributed by atoms with Gasteiger partial charge in [0.2, 0.25) is 0 Å². The van der Waals surface area contributed by atoms with Gasteiger partial charge in [-0.3, -0.25) is 10.1 Å². The third kappa shape index (κ3) is 5.42. The van der Waals surface area contributed by atoms with E-state index < -0.39 is 12.0 Å². The number of halogens is 2. The SMILES string of the molecule is COc1ccc(C(NCCN)C(=O)O)cc1OC.Cl.Cl. The Labute approximate surface area is 130 Å². The van der Waals surface area contributed by atoms with Crippen LogP contribution in [0.4, 0.5) is 0 Å². The molecule has 1 unspecified atom stereocenters. The lowest BCUT2D eigenvalue weighted by molar-refractivity contribution is -0.139. The highest BCUT2D eigenvalue weighted by Crippen LogP contribution is 2.29. The second-order valence-corrected chi connectivity index (χ2v) is 3.63. The van der Waals surface area contributed by atoms with Crippen LogP contribution in [-0.4, -0.2) is 38.4 Å². The van der Waals surface area contributed by atoms with Crippen molar-refractivity contribution in [1.82, 2.24) is 5.32 Å². The molecule has 0 saturated carbocycles. The lowest BCUT2D eigenvalue weighted by atomic mass is 10.1. The van der Waals surface area contributed by atoms with E-state index in [2.05, 4.69) is 5.32 Å². The van der Waals surface area contributed by atoms with Gasteiger partial charge in [0.15, 0.2) is 11.5 Å². The average molecular weight is 327 g/mol. The Morgan fingerprint density at radius 1 is 1.30 bits per heavy atom. The zero-order valence-electron chi connectivity index (χ0n) is 11.3. The smallest absolute Gasteiger partial charge is 0.325 e. The normalized spacial score (nSPS) is 10.8. The first-order valence-electron chi connectivity index (χ1n) is 5.52. The first kappa shape index (κ1) is 21.1. The molecule has 0 aliphatic rings. The van der Waals surface area contributed by atoms with Crippen LogP contribution >= 0.6 is 24.8 Å². The fourth-order valence-corrected chi connectivity index (χ4v) is 1.61. The highest BCUT2D eigenvalue weighted by Gasteiger charge is 2.20. The van der Waals surface area contributed by atoms with Crippen LogP contribution < -0.4 is 20.5 Å². The second kappa shape index (κ2) is 10.6. The van der Waals surface area contributed by atoms with Gasteiger partial charge in [0, 0.05) is 13.1 Å². The summed E-state index contributed by atoms with van der Waals surface area (Å²) in [7, 11) is 3.03. The standard InChI is InChI=1S/C12H18N2O4.2ClH/c1-17-9-4-3-8(7-10(9)18-2)11(12(15)16)14-6-5-13;;/h3-4,7,11,14H,5-6,13H2,1-2H3,(H,15,16);2*1H. The molecule has 1 atom stereocenters. The number of methoxy groups -OCH3 is 2. The molecule has 0 aliphatic carbocycles. The van der Waals surface area contributed by atoms with Crippen LogP contribution in [0, 0.1) is 0 Å². The Kier molecular flexibility index (Phi) is 11.1. The van der Waals surface area contributed by atoms with Gasteiger partial charge in [0.1, 0.15) is 6.04 Å². The highest BCUT2D eigenvalue weighted by molar-refractivity contribution is 5.85. The maximum Gasteiger partial charge on any atom is 0.325 e. The van der Waals surface area contributed by atoms with Gasteiger partial charge in [-0.15, -0.1) is 24.8 Å². The molecule has 4 N–H and O–H groups in total. The molecule has 0 fully saturated rings. The van der Waals surface area contributed by atoms with Gasteiger partial charge < -0.3 is 20.3 Å². The van der Waals surface area contributed by atoms with Crippen molar-refractivity contribution in [3.63, 3.8) is 0 Å². The van der Waals surface area contributed by atoms with Gasteiger partial charge in [-0.1, -0.05) is 6.07 Å². The van der Waals surface area contributed by atoms with E-state index in [0.29, 0.717) is 30.2 Å². The number of carboxylic acid groups (broad SMARTS) is 1. The Morgan fingerprint density at radius 3 is 2.35 bits per heavy atom. The van der Waals surface area contributed by atoms with Gasteiger partial charge in [0.25, 0.3) is 0 Å². The number of hydrogen-bond donors (Lipinski definition) is 3. The minimum atomic E-state index is -0.962. The molecule has 0 saturated heterocycles. The maximum atomic E-state index is 11.2. The predicted octanol–water partition coefficient (Wildman–Crippen LogP) is 1.22. The fraction of sp³-hybridized carbons (Fsp3) is 0.417. The van der Waals surface area contributed by atoms with Crippen molar-refractivity contribution in [3.05, 3.63) is 23.8 Å². The fourth-order valence-electron chi connectivity index (χ4n) is 1.61. The molecule has 8 heteroatoms. The molecule has 1 aromatic carbocycles. The van der Waals surface area contributed by atoms with Crippen molar-refractivity contribution >= 4 is 30.8 Å². The summed E-state index contributed by atoms with van der Waals surface area (Å²) in [6.07, 6.45) is 0. The van der Waals surface area contributed by atoms with Crippen LogP contribution in [0.15, 0.2) is 18.2 Å². The van der Waals surface area contributed by atoms with E-state index in [-0.39, 0.29) is 24.8 Å². The van der Waals surface area contributed by atoms with E-state index in [4.69, 9.17) is 20.3 Å². The molecule has 0 bridgehead atoms. The number of hydrogen-bond acceptors (Lipinski definition) is 5. The monoisotopic (exact) mass is 326 g/mol. The van der Waals surface area contributed by atoms with Crippen LogP contribution in [0.25, 0.3) is 0 Å². The predicted molar refractivity (Wildman–Crippen MR) is 81.5 cm³/mol. The molecule has 6 nitrogen and oxygen atoms in total. The number of carbonyl (C=O) groups is 1. The summed E-state index contributed by atoms with van der Waals surface area (Å²) in [5.74, 6) is 0.0932. The van der Waals surface area contributed by atoms with Crippen molar-refractivity contribution < 1.29 is 19.4 Å². The van der Waals surface area contributed by atoms with E-state index in [1.54, 1.807) is 18.2 Å². The maximum absolute atomic E-state index is 11.2. The zero-order chi connectivity index (χ0) is 13.5. The van der Waals surface area contributed by atoms with Crippen molar-refractivity contribution in [1.29, 1.82) is 0 Å². The summed E-state index contributed by atoms with van der Waals surface area (Å²) in [6.45, 7) is 0.794. The summed E-state index contributed by atoms with van der Waals surface area (Å²) in [4.78, 5) is 11.2. The molecule has 0 aliphatic heterocycles. The number of carboxylic acids is 1. The van der Waals surface area contributed by atoms with Gasteiger partial charge >= 0.3 is 5.97 Å². The van der Waals surface area contributed by atoms with Crippen molar-refractivity contribution in [3.8, 4) is 11.5 Å². The van der Waals surface area contributed by atoms with Crippen LogP contribution in [0.3, 0.4) is 0 Å². The van der Waals surface area contributed by atoms with Crippen LogP contribution in [0.2, 0.25) is 0 Å². The van der Waals surface area contributed by atoms with Crippen molar-refractivity contribution in [2.75, 3.05) is 27.3 Å². The molecule has 116 valence electrons. The van der Waals surface area contributed by atoms with Gasteiger partial charge in [-0.25, -0.2) is 0 Å². The number of benzene rings is 1. The van der Waals surface area contributed by atoms with Crippen LogP contribution in [-0.2, 0) is 4.79 Å². The largest absolute Gasteiger partial charge is 0.493 e. The Hall–Kier alpha value is -1.21. The summed E-state index contributed by atoms with van der Waals surface area (Å²) < 4.78 is 10.2. The number of nitrogens with one attached hydrogen (secondary N) is 1. The first-order chi connectivity index (χ1) is 8.63. The number of aliphatic carboxylic acids is 1. The van der Waals surface area contributed by atoms with E-state index in [0.717, 1.165) is 0 Å². The lowest BCUT2D eigenvalue weighted by Crippen LogP contribution is -2.32. The number of nitrogens with two attached hydrogens (primary N) is 1. The molecule has 1 rings (SSSR count). The third-order valence-electron chi connectivity index (χ3n) is 2.48. The van der Waals surface area contributed by atoms with E-state index in [9.17, 15) is 4.79 Å². The second-order valence-electron chi connectivity index (χ2n) is 3.63. The van der Waals surface area contributed by atoms with E-state index >= 15 is 0 Å². The molecule has 0 amide bonds. The van der Waals surface area contributed by atoms with Crippen molar-refractivity contribution in [2.24, 2.45) is 5.73 Å². The molecule has 0 aromatic heterocycles. The Balaban J connectivity index is 0. The minimum absolute atomic E-state index is 0. The molecule has 0 radical (unpaired) electrons. The molecule has 20 heavy (non-hydrogen) atoms. The Bertz CT molecular complexity index is 418. The van der Waals surface area contributed by atoms with Gasteiger partial charge in [-0.2, -0.15) is 0 Å². The molecular weight excluding hydrogens is 307 g/mol. The Morgan fingerprint density at radius 2 is 1.90 bits per heavy atom. The van der Waals surface area contributed by atoms with Gasteiger partial charge in [-0.05, 0) is 17.7 Å². The van der Waals surface area contributed by atoms with E-state index in [1.165, 1.54) is 14.2 Å². The lowest BCUT2D eigenvalue weighted by Gasteiger charge is -2.16. The van der Waals surface area contributed by atoms with E-state index in [1.807, 2.05) is 0 Å². The van der Waals surface area contributed by atoms with Crippen LogP contribution in [0.5, 0.6) is 11.5 Å². The number of ether oxygens (including phenoxy) is 2. The topological polar surface area (TPSA) is 93.8 Å². The summed E-state index contributed by atoms with van der Waals surface area (Å²) in [5, 5.41) is 12.0. The molecule has 0 spiro atoms. The quantitative estimate of drug-likeness (QED) is 0.697. The zero-order valence-corrected chi connectivity index (χ0v) is 12.9. The van der Waals surface area contributed by atoms with Crippen LogP contribution in [0.1, 0.15) is 11.6 Å². The molecule has 0 heterocycles. The minimum Gasteiger partial charge on any atom is -0.493 e. The number of rotatable bonds is 7. The summed E-state index contributed by atoms with van der Waals surface area (Å²) in [6, 6.07) is 4.19. The summed E-state index contributed by atoms with van der Waals surface area (Å²) >= 11 is 0. The highest BCUT2D eigenvalue weighted by atomic mass is 35.5. The molecular formula is C12H20Cl2N2O4. The first-order valence-corrected chi connectivity index (χ1v) is 5.52. The third-order valence-corrected chi connectivity index (χ3v) is 2.48. The molecule has 1 aromatic rings. The van der Waals surface area contributed by atoms with Crippen molar-refractivity contribution in [2.45, 2.75) is 6.04 Å². The van der Waals surface area contributed by atoms with Gasteiger partial charge in [0.05, 0.1) is 14.2 Å².